The first kappa shape index (κ1) is 10.4. The highest BCUT2D eigenvalue weighted by Gasteiger charge is 2.11. The van der Waals surface area contributed by atoms with Gasteiger partial charge in [0.05, 0.1) is 28.4 Å². The molecule has 0 amide bonds. The van der Waals surface area contributed by atoms with Gasteiger partial charge in [0.15, 0.2) is 5.82 Å². The van der Waals surface area contributed by atoms with Crippen LogP contribution in [0.4, 0.5) is 0 Å². The van der Waals surface area contributed by atoms with Gasteiger partial charge in [0.1, 0.15) is 11.5 Å². The Hall–Kier alpha value is -1.09. The quantitative estimate of drug-likeness (QED) is 0.552. The summed E-state index contributed by atoms with van der Waals surface area (Å²) in [7, 11) is 0. The van der Waals surface area contributed by atoms with Crippen LogP contribution >= 0.6 is 35.1 Å². The third kappa shape index (κ3) is 1.84. The van der Waals surface area contributed by atoms with E-state index >= 15 is 0 Å². The minimum absolute atomic E-state index is 0.00499. The van der Waals surface area contributed by atoms with Crippen LogP contribution in [0.25, 0.3) is 11.4 Å². The molecule has 3 N–H and O–H groups in total. The maximum Gasteiger partial charge on any atom is 0.204 e. The average molecular weight is 335 g/mol. The molecule has 1 aromatic carbocycles. The van der Waals surface area contributed by atoms with E-state index in [-0.39, 0.29) is 11.5 Å². The molecule has 15 heavy (non-hydrogen) atoms. The Morgan fingerprint density at radius 3 is 2.67 bits per heavy atom. The van der Waals surface area contributed by atoms with E-state index < -0.39 is 0 Å². The number of halogens is 1. The summed E-state index contributed by atoms with van der Waals surface area (Å²) in [6, 6.07) is 4.30. The van der Waals surface area contributed by atoms with E-state index in [0.717, 1.165) is 0 Å². The molecule has 2 rings (SSSR count). The number of hydrogen-bond acceptors (Lipinski definition) is 4. The van der Waals surface area contributed by atoms with Crippen molar-refractivity contribution in [3.05, 3.63) is 23.0 Å². The first-order chi connectivity index (χ1) is 7.09. The van der Waals surface area contributed by atoms with Crippen LogP contribution in [0.3, 0.4) is 0 Å². The van der Waals surface area contributed by atoms with Crippen molar-refractivity contribution in [2.24, 2.45) is 0 Å². The zero-order valence-corrected chi connectivity index (χ0v) is 10.3. The molecule has 0 fully saturated rings. The van der Waals surface area contributed by atoms with E-state index in [2.05, 4.69) is 10.2 Å². The van der Waals surface area contributed by atoms with Gasteiger partial charge >= 0.3 is 0 Å². The van der Waals surface area contributed by atoms with Crippen molar-refractivity contribution < 1.29 is 10.2 Å². The average Bonchev–Trinajstić information content (AvgIpc) is 2.49. The molecule has 5 nitrogen and oxygen atoms in total. The van der Waals surface area contributed by atoms with E-state index in [9.17, 15) is 5.11 Å². The summed E-state index contributed by atoms with van der Waals surface area (Å²) in [6.07, 6.45) is 0. The third-order valence-electron chi connectivity index (χ3n) is 1.84. The second-order valence-electron chi connectivity index (χ2n) is 2.83. The summed E-state index contributed by atoms with van der Waals surface area (Å²) in [5, 5.41) is 25.3. The van der Waals surface area contributed by atoms with Crippen LogP contribution in [0.1, 0.15) is 0 Å². The van der Waals surface area contributed by atoms with Crippen LogP contribution < -0.4 is 0 Å². The molecule has 1 heterocycles. The van der Waals surface area contributed by atoms with Crippen LogP contribution in [0.5, 0.6) is 11.5 Å². The minimum Gasteiger partial charge on any atom is -0.508 e. The Kier molecular flexibility index (Phi) is 2.65. The fourth-order valence-electron chi connectivity index (χ4n) is 1.16. The van der Waals surface area contributed by atoms with Crippen molar-refractivity contribution in [3.8, 4) is 22.9 Å². The summed E-state index contributed by atoms with van der Waals surface area (Å²) in [5.41, 5.74) is 0.509. The first-order valence-electron chi connectivity index (χ1n) is 3.95. The predicted octanol–water partition coefficient (Wildman–Crippen LogP) is 2.22. The molecular formula is C8H6IN3O2S. The Morgan fingerprint density at radius 1 is 1.40 bits per heavy atom. The highest BCUT2D eigenvalue weighted by atomic mass is 127. The Bertz CT molecular complexity index is 563. The second-order valence-corrected chi connectivity index (χ2v) is 4.19. The van der Waals surface area contributed by atoms with E-state index in [4.69, 9.17) is 17.3 Å². The number of aromatic hydroxyl groups is 2. The molecule has 0 bridgehead atoms. The molecule has 0 spiro atoms. The molecule has 0 saturated heterocycles. The maximum atomic E-state index is 9.61. The van der Waals surface area contributed by atoms with Gasteiger partial charge in [-0.05, 0) is 24.4 Å². The standard InChI is InChI=1S/C8H6IN3O2S/c9-12-7(10-11-8(12)15)5-2-1-4(13)3-6(5)14/h1-3,13-14H,(H,11,15). The smallest absolute Gasteiger partial charge is 0.204 e. The number of aromatic nitrogens is 3. The lowest BCUT2D eigenvalue weighted by atomic mass is 10.2. The molecule has 2 aromatic rings. The summed E-state index contributed by atoms with van der Waals surface area (Å²) in [5.74, 6) is 0.477. The molecule has 7 heteroatoms. The Morgan fingerprint density at radius 2 is 2.13 bits per heavy atom. The van der Waals surface area contributed by atoms with E-state index in [1.807, 2.05) is 22.9 Å². The van der Waals surface area contributed by atoms with Gasteiger partial charge in [0, 0.05) is 6.07 Å². The number of nitrogens with one attached hydrogen (secondary N) is 1. The number of rotatable bonds is 1. The molecule has 1 aromatic heterocycles. The van der Waals surface area contributed by atoms with Crippen molar-refractivity contribution in [1.29, 1.82) is 0 Å². The third-order valence-corrected chi connectivity index (χ3v) is 3.38. The first-order valence-corrected chi connectivity index (χ1v) is 5.33. The lowest BCUT2D eigenvalue weighted by Crippen LogP contribution is -1.86. The van der Waals surface area contributed by atoms with E-state index in [1.54, 1.807) is 8.85 Å². The topological polar surface area (TPSA) is 74.1 Å². The fourth-order valence-corrected chi connectivity index (χ4v) is 1.77. The number of H-pyrrole nitrogens is 1. The normalized spacial score (nSPS) is 10.5. The molecule has 0 saturated carbocycles. The molecule has 0 aliphatic heterocycles. The number of nitrogens with zero attached hydrogens (tertiary/aromatic N) is 2. The van der Waals surface area contributed by atoms with E-state index in [0.29, 0.717) is 16.2 Å². The van der Waals surface area contributed by atoms with Gasteiger partial charge in [-0.3, -0.25) is 5.10 Å². The predicted molar refractivity (Wildman–Crippen MR) is 65.6 cm³/mol. The zero-order chi connectivity index (χ0) is 11.0. The van der Waals surface area contributed by atoms with Crippen molar-refractivity contribution in [1.82, 2.24) is 13.0 Å². The summed E-state index contributed by atoms with van der Waals surface area (Å²) in [6.45, 7) is 0. The van der Waals surface area contributed by atoms with Crippen LogP contribution in [0, 0.1) is 4.77 Å². The molecule has 0 atom stereocenters. The van der Waals surface area contributed by atoms with Crippen LogP contribution in [0.15, 0.2) is 18.2 Å². The molecule has 78 valence electrons. The largest absolute Gasteiger partial charge is 0.508 e. The van der Waals surface area contributed by atoms with Crippen LogP contribution in [0.2, 0.25) is 0 Å². The summed E-state index contributed by atoms with van der Waals surface area (Å²) < 4.78 is 2.07. The van der Waals surface area contributed by atoms with Crippen molar-refractivity contribution in [2.75, 3.05) is 0 Å². The number of phenolic OH excluding ortho intramolecular Hbond substituents is 2. The molecular weight excluding hydrogens is 329 g/mol. The highest BCUT2D eigenvalue weighted by Crippen LogP contribution is 2.31. The number of hydrogen-bond donors (Lipinski definition) is 3. The highest BCUT2D eigenvalue weighted by molar-refractivity contribution is 14.1. The number of phenols is 2. The number of aromatic amines is 1. The SMILES string of the molecule is Oc1ccc(-c2n[nH]c(=S)n2I)c(O)c1. The van der Waals surface area contributed by atoms with Gasteiger partial charge in [-0.25, -0.2) is 2.78 Å². The van der Waals surface area contributed by atoms with Crippen LogP contribution in [-0.2, 0) is 0 Å². The molecule has 0 radical (unpaired) electrons. The van der Waals surface area contributed by atoms with Crippen molar-refractivity contribution in [2.45, 2.75) is 0 Å². The summed E-state index contributed by atoms with van der Waals surface area (Å²) >= 11 is 6.92. The van der Waals surface area contributed by atoms with Gasteiger partial charge in [-0.2, -0.15) is 5.10 Å². The second kappa shape index (κ2) is 3.81. The van der Waals surface area contributed by atoms with Crippen molar-refractivity contribution >= 4 is 35.1 Å². The van der Waals surface area contributed by atoms with Gasteiger partial charge in [-0.1, -0.05) is 0 Å². The Labute approximate surface area is 104 Å². The summed E-state index contributed by atoms with van der Waals surface area (Å²) in [4.78, 5) is 0. The van der Waals surface area contributed by atoms with Crippen molar-refractivity contribution in [3.63, 3.8) is 0 Å². The van der Waals surface area contributed by atoms with E-state index in [1.165, 1.54) is 12.1 Å². The minimum atomic E-state index is -0.0399. The maximum absolute atomic E-state index is 9.61. The Balaban J connectivity index is 2.64. The number of benzene rings is 1. The zero-order valence-electron chi connectivity index (χ0n) is 7.31. The monoisotopic (exact) mass is 335 g/mol. The van der Waals surface area contributed by atoms with Gasteiger partial charge in [0.25, 0.3) is 0 Å². The fraction of sp³-hybridized carbons (Fsp3) is 0. The molecule has 0 unspecified atom stereocenters. The van der Waals surface area contributed by atoms with Gasteiger partial charge in [0.2, 0.25) is 4.77 Å². The lowest BCUT2D eigenvalue weighted by molar-refractivity contribution is 0.451. The van der Waals surface area contributed by atoms with Gasteiger partial charge in [-0.15, -0.1) is 0 Å². The molecule has 0 aliphatic carbocycles. The van der Waals surface area contributed by atoms with Gasteiger partial charge < -0.3 is 10.2 Å². The van der Waals surface area contributed by atoms with Crippen LogP contribution in [-0.4, -0.2) is 23.2 Å². The lowest BCUT2D eigenvalue weighted by Gasteiger charge is -2.02. The molecule has 0 aliphatic rings.